The first-order chi connectivity index (χ1) is 12.6. The number of hydrazine groups is 1. The van der Waals surface area contributed by atoms with Crippen molar-refractivity contribution in [2.24, 2.45) is 0 Å². The molecule has 1 aliphatic rings. The molecule has 0 spiro atoms. The lowest BCUT2D eigenvalue weighted by atomic mass is 10.2. The number of hydrogen-bond acceptors (Lipinski definition) is 5. The first-order valence-corrected chi connectivity index (χ1v) is 8.78. The van der Waals surface area contributed by atoms with Gasteiger partial charge >= 0.3 is 0 Å². The van der Waals surface area contributed by atoms with Crippen LogP contribution in [0.15, 0.2) is 46.9 Å². The Morgan fingerprint density at radius 3 is 2.65 bits per heavy atom. The molecule has 0 saturated heterocycles. The van der Waals surface area contributed by atoms with Gasteiger partial charge < -0.3 is 14.2 Å². The summed E-state index contributed by atoms with van der Waals surface area (Å²) in [6.45, 7) is 1.12. The van der Waals surface area contributed by atoms with Gasteiger partial charge in [-0.1, -0.05) is 22.0 Å². The molecule has 0 unspecified atom stereocenters. The van der Waals surface area contributed by atoms with E-state index in [-0.39, 0.29) is 18.9 Å². The standard InChI is InChI=1S/C18H17BrN2O5/c19-13-2-1-3-14(11-13)24-7-6-17(22)20-21-18(23)12-4-5-15-16(10-12)26-9-8-25-15/h1-5,10-11H,6-9H2,(H,20,22)(H,21,23). The third-order valence-electron chi connectivity index (χ3n) is 3.51. The maximum atomic E-state index is 12.1. The van der Waals surface area contributed by atoms with Gasteiger partial charge in [0.15, 0.2) is 11.5 Å². The molecule has 1 aliphatic heterocycles. The van der Waals surface area contributed by atoms with E-state index in [1.54, 1.807) is 24.3 Å². The summed E-state index contributed by atoms with van der Waals surface area (Å²) >= 11 is 3.35. The Labute approximate surface area is 158 Å². The average molecular weight is 421 g/mol. The molecule has 2 aromatic rings. The van der Waals surface area contributed by atoms with Gasteiger partial charge in [0.05, 0.1) is 13.0 Å². The first-order valence-electron chi connectivity index (χ1n) is 7.99. The van der Waals surface area contributed by atoms with E-state index in [0.717, 1.165) is 4.47 Å². The van der Waals surface area contributed by atoms with E-state index in [4.69, 9.17) is 14.2 Å². The Morgan fingerprint density at radius 1 is 1.04 bits per heavy atom. The minimum atomic E-state index is -0.441. The van der Waals surface area contributed by atoms with Crippen molar-refractivity contribution in [3.05, 3.63) is 52.5 Å². The van der Waals surface area contributed by atoms with Gasteiger partial charge in [-0.3, -0.25) is 20.4 Å². The van der Waals surface area contributed by atoms with Crippen LogP contribution in [0, 0.1) is 0 Å². The van der Waals surface area contributed by atoms with Crippen LogP contribution < -0.4 is 25.1 Å². The predicted octanol–water partition coefficient (Wildman–Crippen LogP) is 2.45. The number of hydrogen-bond donors (Lipinski definition) is 2. The Morgan fingerprint density at radius 2 is 1.85 bits per heavy atom. The Bertz CT molecular complexity index is 812. The highest BCUT2D eigenvalue weighted by Crippen LogP contribution is 2.30. The number of fused-ring (bicyclic) bond motifs is 1. The summed E-state index contributed by atoms with van der Waals surface area (Å²) in [7, 11) is 0. The number of carbonyl (C=O) groups excluding carboxylic acids is 2. The van der Waals surface area contributed by atoms with Gasteiger partial charge in [-0.2, -0.15) is 0 Å². The second kappa shape index (κ2) is 8.57. The van der Waals surface area contributed by atoms with Gasteiger partial charge in [0.25, 0.3) is 5.91 Å². The smallest absolute Gasteiger partial charge is 0.269 e. The third kappa shape index (κ3) is 4.89. The SMILES string of the molecule is O=C(CCOc1cccc(Br)c1)NNC(=O)c1ccc2c(c1)OCCO2. The number of carbonyl (C=O) groups is 2. The average Bonchev–Trinajstić information content (AvgIpc) is 2.66. The van der Waals surface area contributed by atoms with Crippen LogP contribution in [0.3, 0.4) is 0 Å². The van der Waals surface area contributed by atoms with E-state index in [1.807, 2.05) is 18.2 Å². The highest BCUT2D eigenvalue weighted by molar-refractivity contribution is 9.10. The molecule has 0 radical (unpaired) electrons. The molecular formula is C18H17BrN2O5. The summed E-state index contributed by atoms with van der Waals surface area (Å²) in [6.07, 6.45) is 0.105. The van der Waals surface area contributed by atoms with Gasteiger partial charge in [0.1, 0.15) is 19.0 Å². The van der Waals surface area contributed by atoms with Crippen LogP contribution in [-0.4, -0.2) is 31.6 Å². The van der Waals surface area contributed by atoms with E-state index in [1.165, 1.54) is 0 Å². The molecule has 3 rings (SSSR count). The molecule has 7 nitrogen and oxygen atoms in total. The number of amides is 2. The van der Waals surface area contributed by atoms with Crippen molar-refractivity contribution in [1.82, 2.24) is 10.9 Å². The van der Waals surface area contributed by atoms with E-state index in [9.17, 15) is 9.59 Å². The van der Waals surface area contributed by atoms with E-state index < -0.39 is 5.91 Å². The van der Waals surface area contributed by atoms with Crippen LogP contribution >= 0.6 is 15.9 Å². The second-order valence-corrected chi connectivity index (χ2v) is 6.33. The monoisotopic (exact) mass is 420 g/mol. The molecule has 8 heteroatoms. The van der Waals surface area contributed by atoms with Gasteiger partial charge in [-0.25, -0.2) is 0 Å². The van der Waals surface area contributed by atoms with Crippen molar-refractivity contribution < 1.29 is 23.8 Å². The zero-order valence-corrected chi connectivity index (χ0v) is 15.4. The quantitative estimate of drug-likeness (QED) is 0.725. The Balaban J connectivity index is 1.43. The van der Waals surface area contributed by atoms with E-state index in [0.29, 0.717) is 36.0 Å². The minimum Gasteiger partial charge on any atom is -0.493 e. The molecule has 0 saturated carbocycles. The molecule has 0 aliphatic carbocycles. The second-order valence-electron chi connectivity index (χ2n) is 5.42. The minimum absolute atomic E-state index is 0.105. The molecule has 2 N–H and O–H groups in total. The summed E-state index contributed by atoms with van der Waals surface area (Å²) in [6, 6.07) is 12.2. The largest absolute Gasteiger partial charge is 0.493 e. The predicted molar refractivity (Wildman–Crippen MR) is 97.3 cm³/mol. The molecule has 0 atom stereocenters. The van der Waals surface area contributed by atoms with Crippen molar-refractivity contribution in [3.8, 4) is 17.2 Å². The van der Waals surface area contributed by atoms with Crippen molar-refractivity contribution in [2.75, 3.05) is 19.8 Å². The summed E-state index contributed by atoms with van der Waals surface area (Å²) in [4.78, 5) is 23.9. The fraction of sp³-hybridized carbons (Fsp3) is 0.222. The van der Waals surface area contributed by atoms with Crippen LogP contribution in [0.1, 0.15) is 16.8 Å². The lowest BCUT2D eigenvalue weighted by Crippen LogP contribution is -2.42. The van der Waals surface area contributed by atoms with Gasteiger partial charge in [-0.15, -0.1) is 0 Å². The zero-order chi connectivity index (χ0) is 18.4. The van der Waals surface area contributed by atoms with Crippen molar-refractivity contribution >= 4 is 27.7 Å². The lowest BCUT2D eigenvalue weighted by Gasteiger charge is -2.18. The molecule has 26 heavy (non-hydrogen) atoms. The molecule has 136 valence electrons. The van der Waals surface area contributed by atoms with Gasteiger partial charge in [0, 0.05) is 10.0 Å². The van der Waals surface area contributed by atoms with Crippen molar-refractivity contribution in [3.63, 3.8) is 0 Å². The summed E-state index contributed by atoms with van der Waals surface area (Å²) in [5.41, 5.74) is 5.09. The highest BCUT2D eigenvalue weighted by Gasteiger charge is 2.15. The molecule has 0 bridgehead atoms. The van der Waals surface area contributed by atoms with Crippen molar-refractivity contribution in [2.45, 2.75) is 6.42 Å². The molecule has 0 aromatic heterocycles. The van der Waals surface area contributed by atoms with Crippen LogP contribution in [0.2, 0.25) is 0 Å². The van der Waals surface area contributed by atoms with Crippen LogP contribution in [-0.2, 0) is 4.79 Å². The molecule has 2 aromatic carbocycles. The fourth-order valence-corrected chi connectivity index (χ4v) is 2.64. The van der Waals surface area contributed by atoms with Crippen molar-refractivity contribution in [1.29, 1.82) is 0 Å². The Kier molecular flexibility index (Phi) is 5.96. The molecule has 0 fully saturated rings. The normalized spacial score (nSPS) is 12.2. The highest BCUT2D eigenvalue weighted by atomic mass is 79.9. The van der Waals surface area contributed by atoms with Crippen LogP contribution in [0.4, 0.5) is 0 Å². The molecule has 2 amide bonds. The summed E-state index contributed by atoms with van der Waals surface area (Å²) in [5, 5.41) is 0. The Hall–Kier alpha value is -2.74. The van der Waals surface area contributed by atoms with Crippen LogP contribution in [0.25, 0.3) is 0 Å². The summed E-state index contributed by atoms with van der Waals surface area (Å²) < 4.78 is 17.2. The summed E-state index contributed by atoms with van der Waals surface area (Å²) in [5.74, 6) is 0.973. The number of nitrogens with one attached hydrogen (secondary N) is 2. The maximum absolute atomic E-state index is 12.1. The van der Waals surface area contributed by atoms with Gasteiger partial charge in [-0.05, 0) is 36.4 Å². The number of ether oxygens (including phenoxy) is 3. The fourth-order valence-electron chi connectivity index (χ4n) is 2.26. The van der Waals surface area contributed by atoms with Gasteiger partial charge in [0.2, 0.25) is 5.91 Å². The lowest BCUT2D eigenvalue weighted by molar-refractivity contribution is -0.122. The van der Waals surface area contributed by atoms with E-state index in [2.05, 4.69) is 26.8 Å². The van der Waals surface area contributed by atoms with Crippen LogP contribution in [0.5, 0.6) is 17.2 Å². The number of rotatable bonds is 5. The molecule has 1 heterocycles. The zero-order valence-electron chi connectivity index (χ0n) is 13.8. The van der Waals surface area contributed by atoms with E-state index >= 15 is 0 Å². The maximum Gasteiger partial charge on any atom is 0.269 e. The molecular weight excluding hydrogens is 404 g/mol. The number of benzene rings is 2. The number of halogens is 1. The topological polar surface area (TPSA) is 85.9 Å². The third-order valence-corrected chi connectivity index (χ3v) is 4.01. The first kappa shape index (κ1) is 18.1.